The zero-order valence-electron chi connectivity index (χ0n) is 14.0. The first kappa shape index (κ1) is 14.3. The van der Waals surface area contributed by atoms with Crippen LogP contribution < -0.4 is 0 Å². The lowest BCUT2D eigenvalue weighted by molar-refractivity contribution is 0.222. The molecule has 2 aromatic carbocycles. The van der Waals surface area contributed by atoms with Gasteiger partial charge in [-0.15, -0.1) is 0 Å². The van der Waals surface area contributed by atoms with E-state index in [0.29, 0.717) is 23.7 Å². The number of benzene rings is 2. The molecule has 0 unspecified atom stereocenters. The molecule has 0 amide bonds. The van der Waals surface area contributed by atoms with Gasteiger partial charge in [0.25, 0.3) is 0 Å². The van der Waals surface area contributed by atoms with E-state index in [4.69, 9.17) is 0 Å². The highest BCUT2D eigenvalue weighted by Gasteiger charge is 2.46. The lowest BCUT2D eigenvalue weighted by atomic mass is 9.54. The minimum absolute atomic E-state index is 0.619. The summed E-state index contributed by atoms with van der Waals surface area (Å²) in [5, 5.41) is 0. The summed E-state index contributed by atoms with van der Waals surface area (Å²) in [7, 11) is 0. The van der Waals surface area contributed by atoms with Gasteiger partial charge in [0.15, 0.2) is 0 Å². The van der Waals surface area contributed by atoms with Gasteiger partial charge in [0.2, 0.25) is 0 Å². The molecule has 4 aliphatic rings. The summed E-state index contributed by atoms with van der Waals surface area (Å²) in [6, 6.07) is 22.4. The molecule has 0 heteroatoms. The van der Waals surface area contributed by atoms with Crippen LogP contribution in [-0.2, 0) is 0 Å². The Morgan fingerprint density at radius 1 is 0.708 bits per heavy atom. The van der Waals surface area contributed by atoms with Gasteiger partial charge >= 0.3 is 0 Å². The zero-order valence-corrected chi connectivity index (χ0v) is 14.0. The molecule has 1 saturated carbocycles. The molecule has 1 fully saturated rings. The molecular weight excluding hydrogens is 288 g/mol. The van der Waals surface area contributed by atoms with Crippen LogP contribution in [0.2, 0.25) is 0 Å². The standard InChI is InChI=1S/C24H24/c1-3-8-17(9-4-1)20-12-7-13-22-21-15-14-19(24(20)22)16-23(21)18-10-5-2-6-11-18/h1-6,8-11,13-15,19-21,23-24H,7,12,16H2/t19-,20-,21-,23-,24-/m0/s1. The van der Waals surface area contributed by atoms with Gasteiger partial charge < -0.3 is 0 Å². The fraction of sp³-hybridized carbons (Fsp3) is 0.333. The lowest BCUT2D eigenvalue weighted by Gasteiger charge is -2.50. The van der Waals surface area contributed by atoms with Crippen molar-refractivity contribution in [3.05, 3.63) is 95.6 Å². The summed E-state index contributed by atoms with van der Waals surface area (Å²) in [6.07, 6.45) is 11.5. The summed E-state index contributed by atoms with van der Waals surface area (Å²) in [4.78, 5) is 0. The summed E-state index contributed by atoms with van der Waals surface area (Å²) in [6.45, 7) is 0. The van der Waals surface area contributed by atoms with Crippen LogP contribution in [0.5, 0.6) is 0 Å². The van der Waals surface area contributed by atoms with E-state index in [1.165, 1.54) is 24.8 Å². The quantitative estimate of drug-likeness (QED) is 0.588. The third kappa shape index (κ3) is 2.20. The highest BCUT2D eigenvalue weighted by atomic mass is 14.5. The Balaban J connectivity index is 1.52. The Hall–Kier alpha value is -2.08. The molecule has 0 aromatic heterocycles. The molecule has 2 aromatic rings. The Kier molecular flexibility index (Phi) is 3.43. The Labute approximate surface area is 144 Å². The monoisotopic (exact) mass is 312 g/mol. The van der Waals surface area contributed by atoms with Crippen molar-refractivity contribution in [3.8, 4) is 0 Å². The predicted octanol–water partition coefficient (Wildman–Crippen LogP) is 6.10. The van der Waals surface area contributed by atoms with Crippen molar-refractivity contribution in [3.63, 3.8) is 0 Å². The average molecular weight is 312 g/mol. The minimum atomic E-state index is 0.619. The lowest BCUT2D eigenvalue weighted by Crippen LogP contribution is -2.39. The molecular formula is C24H24. The molecule has 2 bridgehead atoms. The van der Waals surface area contributed by atoms with E-state index in [9.17, 15) is 0 Å². The van der Waals surface area contributed by atoms with E-state index in [0.717, 1.165) is 5.92 Å². The average Bonchev–Trinajstić information content (AvgIpc) is 2.69. The first-order chi connectivity index (χ1) is 11.9. The van der Waals surface area contributed by atoms with E-state index in [1.807, 2.05) is 0 Å². The van der Waals surface area contributed by atoms with Crippen molar-refractivity contribution in [2.75, 3.05) is 0 Å². The fourth-order valence-electron chi connectivity index (χ4n) is 5.52. The van der Waals surface area contributed by atoms with Crippen molar-refractivity contribution in [2.24, 2.45) is 17.8 Å². The van der Waals surface area contributed by atoms with Gasteiger partial charge in [0.1, 0.15) is 0 Å². The third-order valence-corrected chi connectivity index (χ3v) is 6.50. The van der Waals surface area contributed by atoms with Gasteiger partial charge in [-0.05, 0) is 54.1 Å². The number of hydrogen-bond acceptors (Lipinski definition) is 0. The van der Waals surface area contributed by atoms with Crippen molar-refractivity contribution in [1.82, 2.24) is 0 Å². The SMILES string of the molecule is C1=C[C@H]2C3=CCC[C@@H](c4ccccc4)[C@@H]3[C@@H]1C[C@H]2c1ccccc1. The van der Waals surface area contributed by atoms with E-state index in [2.05, 4.69) is 78.9 Å². The van der Waals surface area contributed by atoms with E-state index >= 15 is 0 Å². The molecule has 120 valence electrons. The molecule has 0 aliphatic heterocycles. The Bertz CT molecular complexity index is 768. The van der Waals surface area contributed by atoms with E-state index < -0.39 is 0 Å². The fourth-order valence-corrected chi connectivity index (χ4v) is 5.52. The predicted molar refractivity (Wildman–Crippen MR) is 99.9 cm³/mol. The molecule has 0 saturated heterocycles. The van der Waals surface area contributed by atoms with Crippen molar-refractivity contribution < 1.29 is 0 Å². The van der Waals surface area contributed by atoms with Crippen LogP contribution in [0, 0.1) is 17.8 Å². The third-order valence-electron chi connectivity index (χ3n) is 6.50. The first-order valence-corrected chi connectivity index (χ1v) is 9.40. The van der Waals surface area contributed by atoms with Crippen LogP contribution in [0.15, 0.2) is 84.5 Å². The molecule has 5 atom stereocenters. The number of allylic oxidation sites excluding steroid dienone is 4. The Morgan fingerprint density at radius 3 is 2.08 bits per heavy atom. The van der Waals surface area contributed by atoms with Gasteiger partial charge in [0.05, 0.1) is 0 Å². The van der Waals surface area contributed by atoms with Crippen molar-refractivity contribution >= 4 is 0 Å². The Morgan fingerprint density at radius 2 is 1.38 bits per heavy atom. The van der Waals surface area contributed by atoms with Gasteiger partial charge in [-0.25, -0.2) is 0 Å². The van der Waals surface area contributed by atoms with Crippen LogP contribution in [-0.4, -0.2) is 0 Å². The van der Waals surface area contributed by atoms with Gasteiger partial charge in [0, 0.05) is 5.92 Å². The van der Waals surface area contributed by atoms with Crippen LogP contribution in [0.4, 0.5) is 0 Å². The smallest absolute Gasteiger partial charge is 0.00490 e. The highest BCUT2D eigenvalue weighted by Crippen LogP contribution is 2.58. The van der Waals surface area contributed by atoms with Crippen LogP contribution in [0.1, 0.15) is 42.2 Å². The van der Waals surface area contributed by atoms with Crippen LogP contribution in [0.3, 0.4) is 0 Å². The maximum atomic E-state index is 2.58. The summed E-state index contributed by atoms with van der Waals surface area (Å²) in [5.74, 6) is 3.44. The second kappa shape index (κ2) is 5.77. The maximum absolute atomic E-state index is 2.58. The molecule has 0 nitrogen and oxygen atoms in total. The number of rotatable bonds is 2. The largest absolute Gasteiger partial charge is 0.0844 e. The van der Waals surface area contributed by atoms with Gasteiger partial charge in [-0.2, -0.15) is 0 Å². The minimum Gasteiger partial charge on any atom is -0.0844 e. The second-order valence-electron chi connectivity index (χ2n) is 7.65. The van der Waals surface area contributed by atoms with Gasteiger partial charge in [-0.3, -0.25) is 0 Å². The summed E-state index contributed by atoms with van der Waals surface area (Å²) >= 11 is 0. The molecule has 0 N–H and O–H groups in total. The number of fused-ring (bicyclic) bond motifs is 1. The molecule has 4 aliphatic carbocycles. The topological polar surface area (TPSA) is 0 Å². The van der Waals surface area contributed by atoms with Crippen LogP contribution >= 0.6 is 0 Å². The molecule has 0 radical (unpaired) electrons. The summed E-state index contributed by atoms with van der Waals surface area (Å²) < 4.78 is 0. The first-order valence-electron chi connectivity index (χ1n) is 9.40. The van der Waals surface area contributed by atoms with E-state index in [-0.39, 0.29) is 0 Å². The number of hydrogen-bond donors (Lipinski definition) is 0. The van der Waals surface area contributed by atoms with Crippen LogP contribution in [0.25, 0.3) is 0 Å². The second-order valence-corrected chi connectivity index (χ2v) is 7.65. The highest BCUT2D eigenvalue weighted by molar-refractivity contribution is 5.40. The van der Waals surface area contributed by atoms with Crippen molar-refractivity contribution in [1.29, 1.82) is 0 Å². The van der Waals surface area contributed by atoms with Gasteiger partial charge in [-0.1, -0.05) is 84.5 Å². The molecule has 6 rings (SSSR count). The normalized spacial score (nSPS) is 33.8. The zero-order chi connectivity index (χ0) is 15.9. The van der Waals surface area contributed by atoms with E-state index in [1.54, 1.807) is 11.1 Å². The maximum Gasteiger partial charge on any atom is 0.00490 e. The molecule has 24 heavy (non-hydrogen) atoms. The summed E-state index contributed by atoms with van der Waals surface area (Å²) in [5.41, 5.74) is 4.81. The van der Waals surface area contributed by atoms with Crippen molar-refractivity contribution in [2.45, 2.75) is 31.1 Å². The molecule has 0 spiro atoms. The molecule has 0 heterocycles.